The van der Waals surface area contributed by atoms with Crippen molar-refractivity contribution in [3.63, 3.8) is 0 Å². The summed E-state index contributed by atoms with van der Waals surface area (Å²) in [6.45, 7) is 3.53. The Morgan fingerprint density at radius 3 is 2.63 bits per heavy atom. The lowest BCUT2D eigenvalue weighted by Crippen LogP contribution is -2.16. The maximum Gasteiger partial charge on any atom is 0.351 e. The predicted molar refractivity (Wildman–Crippen MR) is 105 cm³/mol. The molecule has 0 fully saturated rings. The van der Waals surface area contributed by atoms with Gasteiger partial charge >= 0.3 is 5.97 Å². The average molecular weight is 389 g/mol. The normalized spacial score (nSPS) is 12.0. The summed E-state index contributed by atoms with van der Waals surface area (Å²) < 4.78 is 0. The van der Waals surface area contributed by atoms with Gasteiger partial charge < -0.3 is 26.6 Å². The number of amidine groups is 1. The number of rotatable bonds is 5. The zero-order valence-corrected chi connectivity index (χ0v) is 15.7. The van der Waals surface area contributed by atoms with Crippen molar-refractivity contribution in [2.24, 2.45) is 10.7 Å². The second kappa shape index (κ2) is 8.32. The van der Waals surface area contributed by atoms with Crippen molar-refractivity contribution < 1.29 is 19.8 Å². The first-order chi connectivity index (χ1) is 12.7. The molecule has 2 aromatic rings. The van der Waals surface area contributed by atoms with Gasteiger partial charge in [0.25, 0.3) is 5.91 Å². The number of nitrogens with two attached hydrogens (primary N) is 1. The van der Waals surface area contributed by atoms with Gasteiger partial charge in [-0.1, -0.05) is 17.4 Å². The third-order valence-corrected chi connectivity index (χ3v) is 4.54. The lowest BCUT2D eigenvalue weighted by atomic mass is 10.1. The Balaban J connectivity index is 2.16. The molecule has 2 rings (SSSR count). The van der Waals surface area contributed by atoms with Crippen molar-refractivity contribution in [1.82, 2.24) is 4.98 Å². The molecule has 1 heterocycles. The molecule has 0 aliphatic rings. The van der Waals surface area contributed by atoms with Gasteiger partial charge in [0.1, 0.15) is 22.2 Å². The van der Waals surface area contributed by atoms with Gasteiger partial charge in [-0.25, -0.2) is 9.78 Å². The molecule has 0 saturated carbocycles. The number of nitrogens with one attached hydrogen (secondary N) is 2. The molecule has 1 aromatic carbocycles. The van der Waals surface area contributed by atoms with Crippen molar-refractivity contribution >= 4 is 39.9 Å². The van der Waals surface area contributed by atoms with Crippen molar-refractivity contribution in [3.8, 4) is 5.75 Å². The Morgan fingerprint density at radius 2 is 2.00 bits per heavy atom. The number of hydrogen-bond donors (Lipinski definition) is 5. The number of amides is 1. The van der Waals surface area contributed by atoms with Gasteiger partial charge in [-0.2, -0.15) is 0 Å². The van der Waals surface area contributed by atoms with Crippen LogP contribution in [0.1, 0.15) is 20.8 Å². The van der Waals surface area contributed by atoms with E-state index in [1.54, 1.807) is 19.1 Å². The molecule has 0 radical (unpaired) electrons. The molecule has 142 valence electrons. The van der Waals surface area contributed by atoms with Crippen LogP contribution in [0.2, 0.25) is 0 Å². The van der Waals surface area contributed by atoms with Crippen LogP contribution < -0.4 is 16.4 Å². The highest BCUT2D eigenvalue weighted by Gasteiger charge is 2.15. The minimum atomic E-state index is -1.27. The number of carboxylic acid groups (broad SMARTS) is 1. The number of benzene rings is 1. The van der Waals surface area contributed by atoms with Gasteiger partial charge in [0.2, 0.25) is 0 Å². The largest absolute Gasteiger partial charge is 0.508 e. The summed E-state index contributed by atoms with van der Waals surface area (Å²) in [4.78, 5) is 31.6. The molecule has 6 N–H and O–H groups in total. The van der Waals surface area contributed by atoms with E-state index in [0.29, 0.717) is 21.3 Å². The van der Waals surface area contributed by atoms with E-state index in [0.717, 1.165) is 23.0 Å². The fourth-order valence-electron chi connectivity index (χ4n) is 2.12. The SMILES string of the molecule is CN=C(/C=C(\N)C(=O)O)Nc1ncc(C(=O)Nc2c(C)ccc(O)c2C)s1. The van der Waals surface area contributed by atoms with Crippen LogP contribution >= 0.6 is 11.3 Å². The lowest BCUT2D eigenvalue weighted by Gasteiger charge is -2.11. The Morgan fingerprint density at radius 1 is 1.30 bits per heavy atom. The van der Waals surface area contributed by atoms with E-state index in [-0.39, 0.29) is 23.2 Å². The zero-order chi connectivity index (χ0) is 20.1. The van der Waals surface area contributed by atoms with E-state index >= 15 is 0 Å². The van der Waals surface area contributed by atoms with Gasteiger partial charge in [-0.05, 0) is 25.5 Å². The Kier molecular flexibility index (Phi) is 6.14. The number of phenols is 1. The second-order valence-corrected chi connectivity index (χ2v) is 6.55. The number of phenolic OH excluding ortho intramolecular Hbond substituents is 1. The van der Waals surface area contributed by atoms with Gasteiger partial charge in [-0.15, -0.1) is 0 Å². The van der Waals surface area contributed by atoms with Gasteiger partial charge in [0, 0.05) is 18.7 Å². The number of aromatic nitrogens is 1. The highest BCUT2D eigenvalue weighted by atomic mass is 32.1. The summed E-state index contributed by atoms with van der Waals surface area (Å²) in [5, 5.41) is 24.5. The highest BCUT2D eigenvalue weighted by molar-refractivity contribution is 7.17. The van der Waals surface area contributed by atoms with Gasteiger partial charge in [0.05, 0.1) is 11.9 Å². The summed E-state index contributed by atoms with van der Waals surface area (Å²) in [5.41, 5.74) is 6.91. The van der Waals surface area contributed by atoms with Crippen LogP contribution in [0.3, 0.4) is 0 Å². The molecular formula is C17H19N5O4S. The number of thiazole rings is 1. The number of hydrogen-bond acceptors (Lipinski definition) is 7. The van der Waals surface area contributed by atoms with Crippen molar-refractivity contribution in [1.29, 1.82) is 0 Å². The molecule has 0 aliphatic heterocycles. The summed E-state index contributed by atoms with van der Waals surface area (Å²) in [5.74, 6) is -1.37. The van der Waals surface area contributed by atoms with Crippen molar-refractivity contribution in [2.45, 2.75) is 13.8 Å². The van der Waals surface area contributed by atoms with Crippen LogP contribution in [0, 0.1) is 13.8 Å². The zero-order valence-electron chi connectivity index (χ0n) is 14.9. The molecule has 0 unspecified atom stereocenters. The number of aromatic hydroxyl groups is 1. The van der Waals surface area contributed by atoms with Crippen LogP contribution in [0.15, 0.2) is 35.1 Å². The van der Waals surface area contributed by atoms with E-state index in [9.17, 15) is 14.7 Å². The maximum absolute atomic E-state index is 12.5. The predicted octanol–water partition coefficient (Wildman–Crippen LogP) is 2.09. The fourth-order valence-corrected chi connectivity index (χ4v) is 2.83. The fraction of sp³-hybridized carbons (Fsp3) is 0.176. The minimum absolute atomic E-state index is 0.0918. The van der Waals surface area contributed by atoms with Crippen LogP contribution in [0.4, 0.5) is 10.8 Å². The number of carboxylic acids is 1. The smallest absolute Gasteiger partial charge is 0.351 e. The number of carbonyl (C=O) groups is 2. The van der Waals surface area contributed by atoms with Crippen LogP contribution in [0.5, 0.6) is 5.75 Å². The quantitative estimate of drug-likeness (QED) is 0.298. The van der Waals surface area contributed by atoms with E-state index in [1.165, 1.54) is 13.2 Å². The first-order valence-electron chi connectivity index (χ1n) is 7.73. The number of anilines is 2. The van der Waals surface area contributed by atoms with E-state index in [1.807, 2.05) is 6.92 Å². The first-order valence-corrected chi connectivity index (χ1v) is 8.55. The molecular weight excluding hydrogens is 370 g/mol. The molecule has 27 heavy (non-hydrogen) atoms. The summed E-state index contributed by atoms with van der Waals surface area (Å²) >= 11 is 1.06. The highest BCUT2D eigenvalue weighted by Crippen LogP contribution is 2.29. The molecule has 0 saturated heterocycles. The number of aryl methyl sites for hydroxylation is 1. The number of nitrogens with zero attached hydrogens (tertiary/aromatic N) is 2. The summed E-state index contributed by atoms with van der Waals surface area (Å²) in [6, 6.07) is 3.28. The molecule has 0 atom stereocenters. The topological polar surface area (TPSA) is 150 Å². The Bertz CT molecular complexity index is 949. The van der Waals surface area contributed by atoms with Crippen LogP contribution in [-0.4, -0.2) is 40.0 Å². The van der Waals surface area contributed by atoms with E-state index < -0.39 is 5.97 Å². The lowest BCUT2D eigenvalue weighted by molar-refractivity contribution is -0.132. The number of aliphatic carboxylic acids is 1. The molecule has 1 aromatic heterocycles. The third-order valence-electron chi connectivity index (χ3n) is 3.63. The summed E-state index contributed by atoms with van der Waals surface area (Å²) in [6.07, 6.45) is 2.54. The van der Waals surface area contributed by atoms with E-state index in [4.69, 9.17) is 10.8 Å². The van der Waals surface area contributed by atoms with Gasteiger partial charge in [0.15, 0.2) is 5.13 Å². The standard InChI is InChI=1S/C17H19N5O4S/c1-8-4-5-11(23)9(2)14(8)22-15(24)12-7-20-17(27-12)21-13(19-3)6-10(18)16(25)26/h4-7,23H,18H2,1-3H3,(H,22,24)(H,25,26)(H,19,20,21)/b10-6-. The minimum Gasteiger partial charge on any atom is -0.508 e. The third kappa shape index (κ3) is 4.82. The second-order valence-electron chi connectivity index (χ2n) is 5.52. The molecule has 0 bridgehead atoms. The molecule has 10 heteroatoms. The first kappa shape index (κ1) is 19.9. The maximum atomic E-state index is 12.5. The molecule has 1 amide bonds. The summed E-state index contributed by atoms with van der Waals surface area (Å²) in [7, 11) is 1.46. The van der Waals surface area contributed by atoms with Gasteiger partial charge in [-0.3, -0.25) is 9.79 Å². The number of aliphatic imine (C=N–C) groups is 1. The molecule has 0 spiro atoms. The van der Waals surface area contributed by atoms with Crippen molar-refractivity contribution in [3.05, 3.63) is 46.1 Å². The molecule has 0 aliphatic carbocycles. The van der Waals surface area contributed by atoms with E-state index in [2.05, 4.69) is 20.6 Å². The average Bonchev–Trinajstić information content (AvgIpc) is 3.09. The molecule has 9 nitrogen and oxygen atoms in total. The van der Waals surface area contributed by atoms with Crippen LogP contribution in [-0.2, 0) is 4.79 Å². The van der Waals surface area contributed by atoms with Crippen molar-refractivity contribution in [2.75, 3.05) is 17.7 Å². The van der Waals surface area contributed by atoms with Crippen LogP contribution in [0.25, 0.3) is 0 Å². The Hall–Kier alpha value is -3.40. The monoisotopic (exact) mass is 389 g/mol. The Labute approximate surface area is 159 Å². The number of carbonyl (C=O) groups excluding carboxylic acids is 1.